The van der Waals surface area contributed by atoms with E-state index in [2.05, 4.69) is 6.92 Å². The SMILES string of the molecule is CCCCCOc1ccc(C2C(=C(O)c3ccc(Cl)cc3)C(=O)C(=O)N2c2nc3ccc(C)cc3s2)cc1OCC. The molecule has 212 valence electrons. The molecule has 1 fully saturated rings. The predicted octanol–water partition coefficient (Wildman–Crippen LogP) is 7.85. The maximum absolute atomic E-state index is 13.6. The van der Waals surface area contributed by atoms with Gasteiger partial charge in [0.1, 0.15) is 5.76 Å². The summed E-state index contributed by atoms with van der Waals surface area (Å²) in [6.07, 6.45) is 3.06. The molecule has 0 spiro atoms. The first-order valence-corrected chi connectivity index (χ1v) is 14.9. The summed E-state index contributed by atoms with van der Waals surface area (Å²) >= 11 is 7.38. The van der Waals surface area contributed by atoms with Crippen LogP contribution in [0.2, 0.25) is 5.02 Å². The van der Waals surface area contributed by atoms with E-state index in [0.717, 1.165) is 35.0 Å². The van der Waals surface area contributed by atoms with Gasteiger partial charge in [-0.1, -0.05) is 54.8 Å². The van der Waals surface area contributed by atoms with Gasteiger partial charge in [-0.15, -0.1) is 0 Å². The number of amides is 1. The number of nitrogens with zero attached hydrogens (tertiary/aromatic N) is 2. The molecule has 7 nitrogen and oxygen atoms in total. The van der Waals surface area contributed by atoms with Gasteiger partial charge in [-0.3, -0.25) is 14.5 Å². The summed E-state index contributed by atoms with van der Waals surface area (Å²) in [5.41, 5.74) is 2.70. The number of ketones is 1. The highest BCUT2D eigenvalue weighted by atomic mass is 35.5. The highest BCUT2D eigenvalue weighted by Crippen LogP contribution is 2.46. The number of benzene rings is 3. The Balaban J connectivity index is 1.66. The zero-order valence-electron chi connectivity index (χ0n) is 23.1. The van der Waals surface area contributed by atoms with Gasteiger partial charge in [0.25, 0.3) is 5.78 Å². The number of aliphatic hydroxyl groups excluding tert-OH is 1. The molecule has 0 aliphatic carbocycles. The average Bonchev–Trinajstić information content (AvgIpc) is 3.49. The van der Waals surface area contributed by atoms with E-state index >= 15 is 0 Å². The number of hydrogen-bond donors (Lipinski definition) is 1. The summed E-state index contributed by atoms with van der Waals surface area (Å²) in [6, 6.07) is 16.7. The molecular weight excluding hydrogens is 560 g/mol. The minimum Gasteiger partial charge on any atom is -0.507 e. The van der Waals surface area contributed by atoms with Gasteiger partial charge in [-0.25, -0.2) is 4.98 Å². The monoisotopic (exact) mass is 590 g/mol. The maximum atomic E-state index is 13.6. The van der Waals surface area contributed by atoms with E-state index in [9.17, 15) is 14.7 Å². The van der Waals surface area contributed by atoms with Gasteiger partial charge >= 0.3 is 5.91 Å². The highest BCUT2D eigenvalue weighted by Gasteiger charge is 2.48. The number of Topliss-reactive ketones (excluding diaryl/α,β-unsaturated/α-hetero) is 1. The van der Waals surface area contributed by atoms with E-state index < -0.39 is 17.7 Å². The van der Waals surface area contributed by atoms with Gasteiger partial charge in [0.05, 0.1) is 35.0 Å². The number of thiazole rings is 1. The molecule has 1 aliphatic rings. The van der Waals surface area contributed by atoms with Crippen LogP contribution >= 0.6 is 22.9 Å². The van der Waals surface area contributed by atoms with Gasteiger partial charge < -0.3 is 14.6 Å². The molecule has 0 saturated carbocycles. The summed E-state index contributed by atoms with van der Waals surface area (Å²) < 4.78 is 12.8. The molecule has 9 heteroatoms. The van der Waals surface area contributed by atoms with Crippen molar-refractivity contribution in [1.82, 2.24) is 4.98 Å². The van der Waals surface area contributed by atoms with Crippen molar-refractivity contribution in [2.75, 3.05) is 18.1 Å². The van der Waals surface area contributed by atoms with E-state index in [1.165, 1.54) is 16.2 Å². The number of carbonyl (C=O) groups is 2. The largest absolute Gasteiger partial charge is 0.507 e. The van der Waals surface area contributed by atoms with Crippen LogP contribution in [0.5, 0.6) is 11.5 Å². The molecule has 5 rings (SSSR count). The van der Waals surface area contributed by atoms with Crippen molar-refractivity contribution in [3.05, 3.63) is 87.9 Å². The molecule has 3 aromatic carbocycles. The fourth-order valence-corrected chi connectivity index (χ4v) is 6.06. The zero-order chi connectivity index (χ0) is 29.1. The van der Waals surface area contributed by atoms with Crippen molar-refractivity contribution in [1.29, 1.82) is 0 Å². The highest BCUT2D eigenvalue weighted by molar-refractivity contribution is 7.22. The van der Waals surface area contributed by atoms with E-state index in [-0.39, 0.29) is 11.3 Å². The van der Waals surface area contributed by atoms with Crippen LogP contribution in [-0.4, -0.2) is 35.0 Å². The lowest BCUT2D eigenvalue weighted by molar-refractivity contribution is -0.132. The van der Waals surface area contributed by atoms with Crippen LogP contribution in [0.3, 0.4) is 0 Å². The van der Waals surface area contributed by atoms with Gasteiger partial charge in [-0.2, -0.15) is 0 Å². The second kappa shape index (κ2) is 12.3. The summed E-state index contributed by atoms with van der Waals surface area (Å²) in [7, 11) is 0. The molecule has 0 radical (unpaired) electrons. The van der Waals surface area contributed by atoms with E-state index in [1.807, 2.05) is 32.0 Å². The molecular formula is C32H31ClN2O5S. The molecule has 1 unspecified atom stereocenters. The Hall–Kier alpha value is -3.88. The van der Waals surface area contributed by atoms with Crippen molar-refractivity contribution in [3.8, 4) is 11.5 Å². The number of unbranched alkanes of at least 4 members (excludes halogenated alkanes) is 2. The normalized spacial score (nSPS) is 16.5. The first kappa shape index (κ1) is 28.6. The molecule has 4 aromatic rings. The Morgan fingerprint density at radius 3 is 2.51 bits per heavy atom. The smallest absolute Gasteiger partial charge is 0.301 e. The molecule has 1 aliphatic heterocycles. The van der Waals surface area contributed by atoms with Crippen molar-refractivity contribution >= 4 is 55.7 Å². The third kappa shape index (κ3) is 5.80. The fourth-order valence-electron chi connectivity index (χ4n) is 4.85. The summed E-state index contributed by atoms with van der Waals surface area (Å²) in [5, 5.41) is 12.3. The third-order valence-corrected chi connectivity index (χ3v) is 8.16. The van der Waals surface area contributed by atoms with Gasteiger partial charge in [-0.05, 0) is 79.9 Å². The fraction of sp³-hybridized carbons (Fsp3) is 0.281. The van der Waals surface area contributed by atoms with Gasteiger partial charge in [0, 0.05) is 10.6 Å². The van der Waals surface area contributed by atoms with Crippen LogP contribution in [0.1, 0.15) is 55.8 Å². The first-order valence-electron chi connectivity index (χ1n) is 13.7. The molecule has 1 saturated heterocycles. The number of ether oxygens (including phenoxy) is 2. The number of aromatic nitrogens is 1. The number of aryl methyl sites for hydroxylation is 1. The second-order valence-electron chi connectivity index (χ2n) is 9.84. The van der Waals surface area contributed by atoms with E-state index in [1.54, 1.807) is 42.5 Å². The number of halogens is 1. The van der Waals surface area contributed by atoms with Crippen molar-refractivity contribution in [2.45, 2.75) is 46.1 Å². The van der Waals surface area contributed by atoms with Gasteiger partial charge in [0.2, 0.25) is 0 Å². The molecule has 1 atom stereocenters. The molecule has 1 N–H and O–H groups in total. The Morgan fingerprint density at radius 2 is 1.78 bits per heavy atom. The number of hydrogen-bond acceptors (Lipinski definition) is 7. The molecule has 0 bridgehead atoms. The molecule has 2 heterocycles. The summed E-state index contributed by atoms with van der Waals surface area (Å²) in [6.45, 7) is 6.94. The lowest BCUT2D eigenvalue weighted by Gasteiger charge is -2.24. The minimum absolute atomic E-state index is 0.0354. The van der Waals surface area contributed by atoms with Crippen molar-refractivity contribution in [3.63, 3.8) is 0 Å². The van der Waals surface area contributed by atoms with Crippen LogP contribution in [-0.2, 0) is 9.59 Å². The summed E-state index contributed by atoms with van der Waals surface area (Å²) in [5.74, 6) is -0.771. The second-order valence-corrected chi connectivity index (χ2v) is 11.3. The molecule has 1 aromatic heterocycles. The predicted molar refractivity (Wildman–Crippen MR) is 163 cm³/mol. The van der Waals surface area contributed by atoms with Crippen LogP contribution in [0, 0.1) is 6.92 Å². The van der Waals surface area contributed by atoms with E-state index in [0.29, 0.717) is 46.0 Å². The molecule has 41 heavy (non-hydrogen) atoms. The Kier molecular flexibility index (Phi) is 8.61. The van der Waals surface area contributed by atoms with Crippen molar-refractivity contribution < 1.29 is 24.2 Å². The third-order valence-electron chi connectivity index (χ3n) is 6.89. The number of aliphatic hydroxyl groups is 1. The topological polar surface area (TPSA) is 89.0 Å². The van der Waals surface area contributed by atoms with Crippen LogP contribution < -0.4 is 14.4 Å². The maximum Gasteiger partial charge on any atom is 0.301 e. The quantitative estimate of drug-likeness (QED) is 0.0875. The Bertz CT molecular complexity index is 1630. The lowest BCUT2D eigenvalue weighted by Crippen LogP contribution is -2.29. The van der Waals surface area contributed by atoms with Gasteiger partial charge in [0.15, 0.2) is 16.6 Å². The summed E-state index contributed by atoms with van der Waals surface area (Å²) in [4.78, 5) is 33.3. The number of carbonyl (C=O) groups excluding carboxylic acids is 2. The first-order chi connectivity index (χ1) is 19.8. The minimum atomic E-state index is -0.944. The number of anilines is 1. The molecule has 1 amide bonds. The Labute approximate surface area is 248 Å². The number of rotatable bonds is 10. The van der Waals surface area contributed by atoms with E-state index in [4.69, 9.17) is 26.1 Å². The van der Waals surface area contributed by atoms with Crippen molar-refractivity contribution in [2.24, 2.45) is 0 Å². The average molecular weight is 591 g/mol. The van der Waals surface area contributed by atoms with Crippen LogP contribution in [0.25, 0.3) is 16.0 Å². The van der Waals surface area contributed by atoms with Crippen LogP contribution in [0.4, 0.5) is 5.13 Å². The lowest BCUT2D eigenvalue weighted by atomic mass is 9.95. The Morgan fingerprint density at radius 1 is 1.00 bits per heavy atom. The van der Waals surface area contributed by atoms with Crippen LogP contribution in [0.15, 0.2) is 66.2 Å². The zero-order valence-corrected chi connectivity index (χ0v) is 24.7. The standard InChI is InChI=1S/C32H31ClN2O5S/c1-4-6-7-16-40-24-15-11-21(18-25(24)39-5-2)28-27(29(36)20-9-12-22(33)13-10-20)30(37)31(38)35(28)32-34-23-14-8-19(3)17-26(23)41-32/h8-15,17-18,28,36H,4-7,16H2,1-3H3. The number of fused-ring (bicyclic) bond motifs is 1.